The first-order valence-electron chi connectivity index (χ1n) is 7.79. The van der Waals surface area contributed by atoms with Gasteiger partial charge in [0.1, 0.15) is 0 Å². The van der Waals surface area contributed by atoms with Gasteiger partial charge in [-0.15, -0.1) is 0 Å². The molecule has 6 heteroatoms. The molecule has 2 aromatic rings. The van der Waals surface area contributed by atoms with Crippen LogP contribution in [-0.2, 0) is 4.79 Å². The van der Waals surface area contributed by atoms with Crippen LogP contribution in [0, 0.1) is 0 Å². The van der Waals surface area contributed by atoms with Crippen LogP contribution in [0.3, 0.4) is 0 Å². The van der Waals surface area contributed by atoms with E-state index in [1.807, 2.05) is 19.1 Å². The van der Waals surface area contributed by atoms with E-state index in [-0.39, 0.29) is 17.9 Å². The molecule has 1 aromatic carbocycles. The van der Waals surface area contributed by atoms with Gasteiger partial charge in [0.25, 0.3) is 5.91 Å². The van der Waals surface area contributed by atoms with E-state index in [4.69, 9.17) is 11.6 Å². The second kappa shape index (κ2) is 9.03. The summed E-state index contributed by atoms with van der Waals surface area (Å²) in [6, 6.07) is 10.4. The molecule has 1 heterocycles. The molecule has 2 rings (SSSR count). The normalized spacial score (nSPS) is 11.6. The molecule has 0 fully saturated rings. The lowest BCUT2D eigenvalue weighted by atomic mass is 10.1. The molecule has 0 aliphatic heterocycles. The first-order chi connectivity index (χ1) is 11.6. The minimum atomic E-state index is -0.169. The van der Waals surface area contributed by atoms with Crippen molar-refractivity contribution in [2.45, 2.75) is 25.8 Å². The highest BCUT2D eigenvalue weighted by Crippen LogP contribution is 2.11. The third-order valence-electron chi connectivity index (χ3n) is 3.56. The van der Waals surface area contributed by atoms with Crippen molar-refractivity contribution in [3.8, 4) is 0 Å². The highest BCUT2D eigenvalue weighted by Gasteiger charge is 2.09. The number of hydrogen-bond donors (Lipinski definition) is 2. The van der Waals surface area contributed by atoms with Crippen molar-refractivity contribution in [3.05, 3.63) is 64.9 Å². The minimum absolute atomic E-state index is 0.0416. The first kappa shape index (κ1) is 17.9. The summed E-state index contributed by atoms with van der Waals surface area (Å²) in [5.41, 5.74) is 1.56. The zero-order valence-electron chi connectivity index (χ0n) is 13.5. The Balaban J connectivity index is 1.67. The van der Waals surface area contributed by atoms with Crippen LogP contribution in [0.2, 0.25) is 5.02 Å². The van der Waals surface area contributed by atoms with Gasteiger partial charge in [-0.05, 0) is 55.3 Å². The van der Waals surface area contributed by atoms with Crippen molar-refractivity contribution >= 4 is 23.4 Å². The molecule has 0 saturated heterocycles. The lowest BCUT2D eigenvalue weighted by Crippen LogP contribution is -2.29. The van der Waals surface area contributed by atoms with Crippen LogP contribution in [-0.4, -0.2) is 23.3 Å². The monoisotopic (exact) mass is 345 g/mol. The number of aromatic nitrogens is 1. The smallest absolute Gasteiger partial charge is 0.251 e. The fraction of sp³-hybridized carbons (Fsp3) is 0.278. The van der Waals surface area contributed by atoms with E-state index < -0.39 is 0 Å². The number of pyridine rings is 1. The number of benzene rings is 1. The summed E-state index contributed by atoms with van der Waals surface area (Å²) in [4.78, 5) is 27.8. The average Bonchev–Trinajstić information content (AvgIpc) is 2.60. The highest BCUT2D eigenvalue weighted by molar-refractivity contribution is 6.30. The number of halogens is 1. The molecular weight excluding hydrogens is 326 g/mol. The van der Waals surface area contributed by atoms with E-state index in [1.54, 1.807) is 36.7 Å². The van der Waals surface area contributed by atoms with Gasteiger partial charge >= 0.3 is 0 Å². The molecule has 0 radical (unpaired) electrons. The van der Waals surface area contributed by atoms with Gasteiger partial charge in [0.15, 0.2) is 0 Å². The highest BCUT2D eigenvalue weighted by atomic mass is 35.5. The van der Waals surface area contributed by atoms with Gasteiger partial charge in [0, 0.05) is 35.9 Å². The van der Waals surface area contributed by atoms with Gasteiger partial charge in [-0.2, -0.15) is 0 Å². The molecule has 1 unspecified atom stereocenters. The van der Waals surface area contributed by atoms with Crippen LogP contribution < -0.4 is 10.6 Å². The van der Waals surface area contributed by atoms with Crippen molar-refractivity contribution in [3.63, 3.8) is 0 Å². The van der Waals surface area contributed by atoms with Crippen LogP contribution in [0.1, 0.15) is 41.7 Å². The summed E-state index contributed by atoms with van der Waals surface area (Å²) in [6.07, 6.45) is 4.33. The number of carbonyl (C=O) groups is 2. The van der Waals surface area contributed by atoms with Gasteiger partial charge in [-0.1, -0.05) is 11.6 Å². The molecule has 0 bridgehead atoms. The summed E-state index contributed by atoms with van der Waals surface area (Å²) in [6.45, 7) is 2.37. The Kier molecular flexibility index (Phi) is 6.75. The molecule has 1 aromatic heterocycles. The Bertz CT molecular complexity index is 674. The Morgan fingerprint density at radius 3 is 2.46 bits per heavy atom. The zero-order chi connectivity index (χ0) is 17.4. The van der Waals surface area contributed by atoms with Crippen molar-refractivity contribution in [2.24, 2.45) is 0 Å². The molecule has 2 N–H and O–H groups in total. The quantitative estimate of drug-likeness (QED) is 0.757. The lowest BCUT2D eigenvalue weighted by Gasteiger charge is -2.14. The van der Waals surface area contributed by atoms with Crippen molar-refractivity contribution in [2.75, 3.05) is 6.54 Å². The van der Waals surface area contributed by atoms with Gasteiger partial charge in [-0.25, -0.2) is 0 Å². The maximum atomic E-state index is 11.9. The summed E-state index contributed by atoms with van der Waals surface area (Å²) in [7, 11) is 0. The predicted molar refractivity (Wildman–Crippen MR) is 93.8 cm³/mol. The van der Waals surface area contributed by atoms with Crippen molar-refractivity contribution in [1.29, 1.82) is 0 Å². The number of rotatable bonds is 7. The molecule has 126 valence electrons. The van der Waals surface area contributed by atoms with E-state index in [0.29, 0.717) is 30.0 Å². The summed E-state index contributed by atoms with van der Waals surface area (Å²) < 4.78 is 0. The Morgan fingerprint density at radius 2 is 1.79 bits per heavy atom. The van der Waals surface area contributed by atoms with Gasteiger partial charge < -0.3 is 10.6 Å². The van der Waals surface area contributed by atoms with Crippen LogP contribution in [0.25, 0.3) is 0 Å². The maximum absolute atomic E-state index is 11.9. The van der Waals surface area contributed by atoms with Crippen LogP contribution in [0.4, 0.5) is 0 Å². The Labute approximate surface area is 146 Å². The van der Waals surface area contributed by atoms with E-state index in [1.165, 1.54) is 0 Å². The molecule has 0 saturated carbocycles. The second-order valence-electron chi connectivity index (χ2n) is 5.44. The van der Waals surface area contributed by atoms with Crippen molar-refractivity contribution < 1.29 is 9.59 Å². The number of nitrogens with zero attached hydrogens (tertiary/aromatic N) is 1. The zero-order valence-corrected chi connectivity index (χ0v) is 14.2. The van der Waals surface area contributed by atoms with E-state index in [0.717, 1.165) is 5.56 Å². The van der Waals surface area contributed by atoms with E-state index >= 15 is 0 Å². The number of carbonyl (C=O) groups excluding carboxylic acids is 2. The van der Waals surface area contributed by atoms with Gasteiger partial charge in [0.05, 0.1) is 6.04 Å². The third kappa shape index (κ3) is 5.66. The summed E-state index contributed by atoms with van der Waals surface area (Å²) in [5.74, 6) is -0.211. The first-order valence-corrected chi connectivity index (χ1v) is 8.17. The fourth-order valence-electron chi connectivity index (χ4n) is 2.20. The molecule has 5 nitrogen and oxygen atoms in total. The Hall–Kier alpha value is -2.40. The molecule has 24 heavy (non-hydrogen) atoms. The second-order valence-corrected chi connectivity index (χ2v) is 5.87. The van der Waals surface area contributed by atoms with Crippen LogP contribution >= 0.6 is 11.6 Å². The molecule has 0 spiro atoms. The number of hydrogen-bond acceptors (Lipinski definition) is 3. The maximum Gasteiger partial charge on any atom is 0.251 e. The molecule has 1 atom stereocenters. The summed E-state index contributed by atoms with van der Waals surface area (Å²) in [5, 5.41) is 6.31. The molecule has 0 aliphatic carbocycles. The van der Waals surface area contributed by atoms with Gasteiger partial charge in [-0.3, -0.25) is 14.6 Å². The van der Waals surface area contributed by atoms with Crippen LogP contribution in [0.15, 0.2) is 48.8 Å². The topological polar surface area (TPSA) is 71.1 Å². The predicted octanol–water partition coefficient (Wildman–Crippen LogP) is 3.12. The molecule has 0 aliphatic rings. The van der Waals surface area contributed by atoms with Crippen molar-refractivity contribution in [1.82, 2.24) is 15.6 Å². The Morgan fingerprint density at radius 1 is 1.12 bits per heavy atom. The standard InChI is InChI=1S/C18H20ClN3O2/c1-13(14-8-11-20-12-9-14)22-17(23)3-2-10-21-18(24)15-4-6-16(19)7-5-15/h4-9,11-13H,2-3,10H2,1H3,(H,21,24)(H,22,23). The van der Waals surface area contributed by atoms with E-state index in [2.05, 4.69) is 15.6 Å². The van der Waals surface area contributed by atoms with Crippen LogP contribution in [0.5, 0.6) is 0 Å². The van der Waals surface area contributed by atoms with E-state index in [9.17, 15) is 9.59 Å². The molecule has 2 amide bonds. The largest absolute Gasteiger partial charge is 0.352 e. The third-order valence-corrected chi connectivity index (χ3v) is 3.81. The SMILES string of the molecule is CC(NC(=O)CCCNC(=O)c1ccc(Cl)cc1)c1ccncc1. The minimum Gasteiger partial charge on any atom is -0.352 e. The summed E-state index contributed by atoms with van der Waals surface area (Å²) >= 11 is 5.78. The van der Waals surface area contributed by atoms with Gasteiger partial charge in [0.2, 0.25) is 5.91 Å². The average molecular weight is 346 g/mol. The lowest BCUT2D eigenvalue weighted by molar-refractivity contribution is -0.121. The fourth-order valence-corrected chi connectivity index (χ4v) is 2.33. The number of amides is 2. The number of nitrogens with one attached hydrogen (secondary N) is 2. The molecular formula is C18H20ClN3O2.